The van der Waals surface area contributed by atoms with Gasteiger partial charge in [0.05, 0.1) is 19.8 Å². The molecule has 1 atom stereocenters. The van der Waals surface area contributed by atoms with Gasteiger partial charge in [0, 0.05) is 37.3 Å². The fraction of sp³-hybridized carbons (Fsp3) is 0.769. The van der Waals surface area contributed by atoms with Crippen LogP contribution in [-0.2, 0) is 11.3 Å². The van der Waals surface area contributed by atoms with E-state index in [9.17, 15) is 0 Å². The van der Waals surface area contributed by atoms with Crippen LogP contribution in [0.15, 0.2) is 11.6 Å². The zero-order valence-electron chi connectivity index (χ0n) is 10.8. The number of ether oxygens (including phenoxy) is 1. The number of rotatable bonds is 3. The molecule has 1 unspecified atom stereocenters. The number of piperidine rings is 1. The smallest absolute Gasteiger partial charge is 0.107 e. The maximum Gasteiger partial charge on any atom is 0.107 e. The molecule has 3 rings (SSSR count). The van der Waals surface area contributed by atoms with Crippen molar-refractivity contribution in [3.8, 4) is 0 Å². The van der Waals surface area contributed by atoms with E-state index in [4.69, 9.17) is 4.74 Å². The topological polar surface area (TPSA) is 28.6 Å². The molecular weight excluding hydrogens is 246 g/mol. The summed E-state index contributed by atoms with van der Waals surface area (Å²) in [5.41, 5.74) is 0. The molecule has 0 bridgehead atoms. The zero-order chi connectivity index (χ0) is 12.2. The van der Waals surface area contributed by atoms with Crippen LogP contribution in [0.25, 0.3) is 0 Å². The Bertz CT molecular complexity index is 351. The molecule has 2 saturated heterocycles. The van der Waals surface area contributed by atoms with Crippen LogP contribution in [0.2, 0.25) is 0 Å². The Morgan fingerprint density at radius 2 is 2.22 bits per heavy atom. The van der Waals surface area contributed by atoms with Crippen LogP contribution in [0.5, 0.6) is 0 Å². The Morgan fingerprint density at radius 1 is 1.33 bits per heavy atom. The second-order valence-corrected chi connectivity index (χ2v) is 6.08. The molecule has 2 fully saturated rings. The first-order valence-corrected chi connectivity index (χ1v) is 7.72. The zero-order valence-corrected chi connectivity index (χ0v) is 11.6. The first kappa shape index (κ1) is 12.5. The molecule has 2 aliphatic rings. The molecule has 1 aromatic heterocycles. The second-order valence-electron chi connectivity index (χ2n) is 5.11. The number of hydrogen-bond donors (Lipinski definition) is 0. The molecule has 0 aromatic carbocycles. The molecule has 5 heteroatoms. The van der Waals surface area contributed by atoms with E-state index in [-0.39, 0.29) is 0 Å². The SMILES string of the molecule is c1csc(CN2CCCC(N3CCOCC3)C2)n1. The molecule has 0 aliphatic carbocycles. The van der Waals surface area contributed by atoms with E-state index in [0.29, 0.717) is 0 Å². The van der Waals surface area contributed by atoms with Crippen molar-refractivity contribution in [2.24, 2.45) is 0 Å². The molecule has 1 aromatic rings. The number of likely N-dealkylation sites (tertiary alicyclic amines) is 1. The summed E-state index contributed by atoms with van der Waals surface area (Å²) in [4.78, 5) is 9.56. The predicted octanol–water partition coefficient (Wildman–Crippen LogP) is 1.44. The molecule has 18 heavy (non-hydrogen) atoms. The van der Waals surface area contributed by atoms with Gasteiger partial charge in [-0.2, -0.15) is 0 Å². The first-order chi connectivity index (χ1) is 8.92. The summed E-state index contributed by atoms with van der Waals surface area (Å²) < 4.78 is 5.44. The third kappa shape index (κ3) is 3.09. The highest BCUT2D eigenvalue weighted by Crippen LogP contribution is 2.19. The van der Waals surface area contributed by atoms with Crippen molar-refractivity contribution in [3.63, 3.8) is 0 Å². The standard InChI is InChI=1S/C13H21N3OS/c1-2-12(16-5-7-17-8-6-16)10-15(4-1)11-13-14-3-9-18-13/h3,9,12H,1-2,4-8,10-11H2. The summed E-state index contributed by atoms with van der Waals surface area (Å²) in [7, 11) is 0. The van der Waals surface area contributed by atoms with Crippen LogP contribution < -0.4 is 0 Å². The Balaban J connectivity index is 1.54. The fourth-order valence-corrected chi connectivity index (χ4v) is 3.60. The van der Waals surface area contributed by atoms with Gasteiger partial charge in [0.25, 0.3) is 0 Å². The van der Waals surface area contributed by atoms with Crippen molar-refractivity contribution in [2.45, 2.75) is 25.4 Å². The largest absolute Gasteiger partial charge is 0.379 e. The minimum absolute atomic E-state index is 0.725. The van der Waals surface area contributed by atoms with Crippen molar-refractivity contribution in [2.75, 3.05) is 39.4 Å². The molecule has 0 radical (unpaired) electrons. The van der Waals surface area contributed by atoms with E-state index in [1.165, 1.54) is 30.9 Å². The fourth-order valence-electron chi connectivity index (χ4n) is 2.94. The number of morpholine rings is 1. The van der Waals surface area contributed by atoms with Gasteiger partial charge in [0.2, 0.25) is 0 Å². The Labute approximate surface area is 113 Å². The third-order valence-electron chi connectivity index (χ3n) is 3.89. The number of aromatic nitrogens is 1. The van der Waals surface area contributed by atoms with E-state index in [1.807, 2.05) is 6.20 Å². The van der Waals surface area contributed by atoms with E-state index in [1.54, 1.807) is 11.3 Å². The van der Waals surface area contributed by atoms with Crippen molar-refractivity contribution in [1.82, 2.24) is 14.8 Å². The summed E-state index contributed by atoms with van der Waals surface area (Å²) in [6.07, 6.45) is 4.56. The molecule has 100 valence electrons. The van der Waals surface area contributed by atoms with Gasteiger partial charge < -0.3 is 4.74 Å². The highest BCUT2D eigenvalue weighted by atomic mass is 32.1. The molecule has 3 heterocycles. The van der Waals surface area contributed by atoms with E-state index >= 15 is 0 Å². The van der Waals surface area contributed by atoms with Crippen molar-refractivity contribution >= 4 is 11.3 Å². The van der Waals surface area contributed by atoms with Crippen molar-refractivity contribution in [1.29, 1.82) is 0 Å². The summed E-state index contributed by atoms with van der Waals surface area (Å²) in [5, 5.41) is 3.32. The normalized spacial score (nSPS) is 27.4. The third-order valence-corrected chi connectivity index (χ3v) is 4.65. The van der Waals surface area contributed by atoms with Crippen LogP contribution in [0.3, 0.4) is 0 Å². The summed E-state index contributed by atoms with van der Waals surface area (Å²) >= 11 is 1.77. The quantitative estimate of drug-likeness (QED) is 0.828. The highest BCUT2D eigenvalue weighted by molar-refractivity contribution is 7.09. The molecule has 0 N–H and O–H groups in total. The van der Waals surface area contributed by atoms with Gasteiger partial charge in [-0.05, 0) is 19.4 Å². The summed E-state index contributed by atoms with van der Waals surface area (Å²) in [5.74, 6) is 0. The molecule has 0 amide bonds. The van der Waals surface area contributed by atoms with E-state index in [2.05, 4.69) is 20.2 Å². The molecule has 0 spiro atoms. The maximum absolute atomic E-state index is 5.44. The van der Waals surface area contributed by atoms with Crippen molar-refractivity contribution in [3.05, 3.63) is 16.6 Å². The number of thiazole rings is 1. The average Bonchev–Trinajstić information content (AvgIpc) is 2.93. The maximum atomic E-state index is 5.44. The lowest BCUT2D eigenvalue weighted by atomic mass is 10.0. The summed E-state index contributed by atoms with van der Waals surface area (Å²) in [6.45, 7) is 7.47. The Morgan fingerprint density at radius 3 is 3.00 bits per heavy atom. The first-order valence-electron chi connectivity index (χ1n) is 6.84. The molecule has 0 saturated carbocycles. The second kappa shape index (κ2) is 6.10. The molecular formula is C13H21N3OS. The lowest BCUT2D eigenvalue weighted by Gasteiger charge is -2.40. The Kier molecular flexibility index (Phi) is 4.25. The van der Waals surface area contributed by atoms with Crippen LogP contribution in [0.4, 0.5) is 0 Å². The molecule has 4 nitrogen and oxygen atoms in total. The van der Waals surface area contributed by atoms with Gasteiger partial charge in [-0.15, -0.1) is 11.3 Å². The van der Waals surface area contributed by atoms with Crippen LogP contribution >= 0.6 is 11.3 Å². The van der Waals surface area contributed by atoms with Gasteiger partial charge >= 0.3 is 0 Å². The number of hydrogen-bond acceptors (Lipinski definition) is 5. The van der Waals surface area contributed by atoms with Crippen LogP contribution in [0.1, 0.15) is 17.8 Å². The summed E-state index contributed by atoms with van der Waals surface area (Å²) in [6, 6.07) is 0.725. The van der Waals surface area contributed by atoms with Crippen LogP contribution in [-0.4, -0.2) is 60.2 Å². The van der Waals surface area contributed by atoms with Crippen LogP contribution in [0, 0.1) is 0 Å². The monoisotopic (exact) mass is 267 g/mol. The lowest BCUT2D eigenvalue weighted by Crippen LogP contribution is -2.51. The van der Waals surface area contributed by atoms with E-state index < -0.39 is 0 Å². The van der Waals surface area contributed by atoms with Gasteiger partial charge in [0.1, 0.15) is 5.01 Å². The molecule has 2 aliphatic heterocycles. The highest BCUT2D eigenvalue weighted by Gasteiger charge is 2.26. The lowest BCUT2D eigenvalue weighted by molar-refractivity contribution is -0.00358. The predicted molar refractivity (Wildman–Crippen MR) is 72.8 cm³/mol. The van der Waals surface area contributed by atoms with E-state index in [0.717, 1.165) is 38.9 Å². The minimum atomic E-state index is 0.725. The van der Waals surface area contributed by atoms with Gasteiger partial charge in [-0.1, -0.05) is 0 Å². The average molecular weight is 267 g/mol. The van der Waals surface area contributed by atoms with Crippen molar-refractivity contribution < 1.29 is 4.74 Å². The van der Waals surface area contributed by atoms with Gasteiger partial charge in [-0.3, -0.25) is 9.80 Å². The van der Waals surface area contributed by atoms with Gasteiger partial charge in [-0.25, -0.2) is 4.98 Å². The number of nitrogens with zero attached hydrogens (tertiary/aromatic N) is 3. The van der Waals surface area contributed by atoms with Gasteiger partial charge in [0.15, 0.2) is 0 Å². The Hall–Kier alpha value is -0.490. The minimum Gasteiger partial charge on any atom is -0.379 e.